The van der Waals surface area contributed by atoms with Crippen LogP contribution in [0.5, 0.6) is 0 Å². The van der Waals surface area contributed by atoms with Crippen molar-refractivity contribution in [3.8, 4) is 0 Å². The molecule has 10 heavy (non-hydrogen) atoms. The molecule has 4 nitrogen and oxygen atoms in total. The average Bonchev–Trinajstić information content (AvgIpc) is 1.58. The highest BCUT2D eigenvalue weighted by atomic mass is 79.9. The number of halogens is 2. The van der Waals surface area contributed by atoms with Crippen molar-refractivity contribution in [3.63, 3.8) is 0 Å². The molecule has 2 N–H and O–H groups in total. The SMILES string of the molecule is O=C(CC(F)Br)OB(O)O. The Morgan fingerprint density at radius 1 is 1.80 bits per heavy atom. The van der Waals surface area contributed by atoms with Gasteiger partial charge in [-0.15, -0.1) is 0 Å². The second-order valence-corrected chi connectivity index (χ2v) is 2.40. The normalized spacial score (nSPS) is 12.4. The first kappa shape index (κ1) is 9.86. The molecule has 0 aromatic carbocycles. The van der Waals surface area contributed by atoms with E-state index in [1.54, 1.807) is 0 Å². The summed E-state index contributed by atoms with van der Waals surface area (Å²) in [5.74, 6) is -1.01. The third kappa shape index (κ3) is 5.99. The fourth-order valence-corrected chi connectivity index (χ4v) is 0.556. The molecule has 0 rings (SSSR count). The van der Waals surface area contributed by atoms with Crippen LogP contribution >= 0.6 is 15.9 Å². The molecule has 0 aromatic heterocycles. The number of carbonyl (C=O) groups excluding carboxylic acids is 1. The summed E-state index contributed by atoms with van der Waals surface area (Å²) in [6.07, 6.45) is -0.544. The Morgan fingerprint density at radius 2 is 2.30 bits per heavy atom. The minimum atomic E-state index is -2.17. The van der Waals surface area contributed by atoms with Crippen molar-refractivity contribution >= 4 is 29.2 Å². The first-order chi connectivity index (χ1) is 4.52. The van der Waals surface area contributed by atoms with Crippen molar-refractivity contribution in [3.05, 3.63) is 0 Å². The second-order valence-electron chi connectivity index (χ2n) is 1.41. The molecule has 58 valence electrons. The molecule has 0 radical (unpaired) electrons. The number of alkyl halides is 2. The summed E-state index contributed by atoms with van der Waals surface area (Å²) >= 11 is 2.43. The quantitative estimate of drug-likeness (QED) is 0.495. The summed E-state index contributed by atoms with van der Waals surface area (Å²) in [5, 5.41) is 14.5. The molecule has 1 atom stereocenters. The van der Waals surface area contributed by atoms with E-state index in [1.807, 2.05) is 0 Å². The monoisotopic (exact) mass is 214 g/mol. The van der Waals surface area contributed by atoms with Crippen molar-refractivity contribution in [2.24, 2.45) is 0 Å². The standard InChI is InChI=1S/C3H5BBrFO4/c5-2(6)1-3(7)10-4(8)9/h2,8-9H,1H2. The van der Waals surface area contributed by atoms with E-state index in [9.17, 15) is 9.18 Å². The number of carbonyl (C=O) groups is 1. The van der Waals surface area contributed by atoms with Gasteiger partial charge in [0.15, 0.2) is 5.08 Å². The maximum absolute atomic E-state index is 11.9. The molecule has 0 aliphatic carbocycles. The van der Waals surface area contributed by atoms with Crippen LogP contribution in [0.4, 0.5) is 4.39 Å². The minimum absolute atomic E-state index is 0.544. The zero-order chi connectivity index (χ0) is 8.15. The molecule has 0 heterocycles. The van der Waals surface area contributed by atoms with E-state index in [0.29, 0.717) is 0 Å². The zero-order valence-electron chi connectivity index (χ0n) is 4.83. The summed E-state index contributed by atoms with van der Waals surface area (Å²) in [6.45, 7) is 0. The van der Waals surface area contributed by atoms with Crippen LogP contribution in [0.3, 0.4) is 0 Å². The van der Waals surface area contributed by atoms with Crippen LogP contribution in [0.15, 0.2) is 0 Å². The Kier molecular flexibility index (Phi) is 4.58. The minimum Gasteiger partial charge on any atom is -0.485 e. The van der Waals surface area contributed by atoms with Gasteiger partial charge in [0.1, 0.15) is 0 Å². The van der Waals surface area contributed by atoms with Crippen molar-refractivity contribution in [2.45, 2.75) is 11.5 Å². The Hall–Kier alpha value is -0.135. The maximum atomic E-state index is 11.9. The van der Waals surface area contributed by atoms with Gasteiger partial charge in [0.05, 0.1) is 6.42 Å². The predicted molar refractivity (Wildman–Crippen MR) is 34.7 cm³/mol. The first-order valence-corrected chi connectivity index (χ1v) is 3.27. The van der Waals surface area contributed by atoms with Crippen LogP contribution in [0.2, 0.25) is 0 Å². The lowest BCUT2D eigenvalue weighted by Gasteiger charge is -2.01. The summed E-state index contributed by atoms with van der Waals surface area (Å²) in [5.41, 5.74) is 0. The third-order valence-electron chi connectivity index (χ3n) is 0.558. The van der Waals surface area contributed by atoms with E-state index < -0.39 is 24.8 Å². The van der Waals surface area contributed by atoms with Crippen molar-refractivity contribution in [2.75, 3.05) is 0 Å². The predicted octanol–water partition coefficient (Wildman–Crippen LogP) is -0.420. The maximum Gasteiger partial charge on any atom is 0.709 e. The number of hydrogen-bond donors (Lipinski definition) is 2. The van der Waals surface area contributed by atoms with Gasteiger partial charge in [-0.2, -0.15) is 0 Å². The fraction of sp³-hybridized carbons (Fsp3) is 0.667. The number of hydrogen-bond acceptors (Lipinski definition) is 4. The highest BCUT2D eigenvalue weighted by molar-refractivity contribution is 9.09. The molecule has 0 aliphatic heterocycles. The van der Waals surface area contributed by atoms with E-state index >= 15 is 0 Å². The Labute approximate surface area is 65.3 Å². The Bertz CT molecular complexity index is 107. The van der Waals surface area contributed by atoms with E-state index in [-0.39, 0.29) is 0 Å². The highest BCUT2D eigenvalue weighted by Gasteiger charge is 2.18. The molecule has 0 saturated heterocycles. The lowest BCUT2D eigenvalue weighted by atomic mass is 10.2. The van der Waals surface area contributed by atoms with Crippen LogP contribution in [0.1, 0.15) is 6.42 Å². The largest absolute Gasteiger partial charge is 0.709 e. The lowest BCUT2D eigenvalue weighted by Crippen LogP contribution is -2.22. The van der Waals surface area contributed by atoms with Crippen molar-refractivity contribution in [1.82, 2.24) is 0 Å². The van der Waals surface area contributed by atoms with Gasteiger partial charge in [-0.05, 0) is 0 Å². The van der Waals surface area contributed by atoms with Gasteiger partial charge in [0.25, 0.3) is 5.97 Å². The Morgan fingerprint density at radius 3 is 2.60 bits per heavy atom. The van der Waals surface area contributed by atoms with Crippen LogP contribution < -0.4 is 0 Å². The second kappa shape index (κ2) is 4.65. The summed E-state index contributed by atoms with van der Waals surface area (Å²) in [4.78, 5) is 10.3. The molecule has 0 aliphatic rings. The molecule has 7 heteroatoms. The van der Waals surface area contributed by atoms with E-state index in [1.165, 1.54) is 0 Å². The van der Waals surface area contributed by atoms with Gasteiger partial charge in [-0.25, -0.2) is 4.39 Å². The molecule has 0 amide bonds. The third-order valence-corrected chi connectivity index (χ3v) is 0.882. The first-order valence-electron chi connectivity index (χ1n) is 2.36. The van der Waals surface area contributed by atoms with Gasteiger partial charge >= 0.3 is 7.32 Å². The molecular formula is C3H5BBrFO4. The fourth-order valence-electron chi connectivity index (χ4n) is 0.292. The molecule has 0 saturated carbocycles. The van der Waals surface area contributed by atoms with Crippen LogP contribution in [-0.4, -0.2) is 28.4 Å². The average molecular weight is 215 g/mol. The lowest BCUT2D eigenvalue weighted by molar-refractivity contribution is -0.137. The smallest absolute Gasteiger partial charge is 0.485 e. The molecule has 0 bridgehead atoms. The van der Waals surface area contributed by atoms with Gasteiger partial charge < -0.3 is 14.7 Å². The van der Waals surface area contributed by atoms with Gasteiger partial charge in [-0.3, -0.25) is 4.79 Å². The molecular weight excluding hydrogens is 210 g/mol. The molecule has 0 fully saturated rings. The topological polar surface area (TPSA) is 66.8 Å². The molecule has 1 unspecified atom stereocenters. The summed E-state index contributed by atoms with van der Waals surface area (Å²) < 4.78 is 15.6. The highest BCUT2D eigenvalue weighted by Crippen LogP contribution is 2.06. The van der Waals surface area contributed by atoms with Crippen LogP contribution in [0, 0.1) is 0 Å². The molecule has 0 aromatic rings. The molecule has 0 spiro atoms. The van der Waals surface area contributed by atoms with Gasteiger partial charge in [-0.1, -0.05) is 15.9 Å². The van der Waals surface area contributed by atoms with Crippen molar-refractivity contribution in [1.29, 1.82) is 0 Å². The summed E-state index contributed by atoms with van der Waals surface area (Å²) in [7, 11) is -2.17. The van der Waals surface area contributed by atoms with E-state index in [0.717, 1.165) is 0 Å². The van der Waals surface area contributed by atoms with Gasteiger partial charge in [0, 0.05) is 0 Å². The summed E-state index contributed by atoms with van der Waals surface area (Å²) in [6, 6.07) is 0. The number of rotatable bonds is 3. The van der Waals surface area contributed by atoms with Crippen molar-refractivity contribution < 1.29 is 23.9 Å². The van der Waals surface area contributed by atoms with E-state index in [2.05, 4.69) is 20.6 Å². The van der Waals surface area contributed by atoms with E-state index in [4.69, 9.17) is 10.0 Å². The van der Waals surface area contributed by atoms with Gasteiger partial charge in [0.2, 0.25) is 0 Å². The zero-order valence-corrected chi connectivity index (χ0v) is 6.41. The Balaban J connectivity index is 3.44. The van der Waals surface area contributed by atoms with Crippen LogP contribution in [0.25, 0.3) is 0 Å². The van der Waals surface area contributed by atoms with Crippen LogP contribution in [-0.2, 0) is 9.45 Å².